The zero-order valence-electron chi connectivity index (χ0n) is 51.9. The standard InChI is InChI=1S/C73H98N6O6/c1-8-58(60-28-16-10-17-29-60)52-72(64-32-20-12-21-33-64,65-34-22-13-23-35-65)54-62(50-56(3)68(80)75-41-40-74-5)70(82)77-43-46-84-48-49-85-47-44-78-71(83)63(51-57(4)69(81)76-42-45-79(6)7)55-73(66-36-24-14-25-37-66,67-38-26-15-27-39-67)53-59(9-2)61-30-18-11-19-31-61/h10-39,56-59,62-63,74H,8-9,40-55H2,1-7H3,(H,75,80)(H,76,81)(H,77,82)(H,78,83). The average Bonchev–Trinajstić information content (AvgIpc) is 1.52. The van der Waals surface area contributed by atoms with Gasteiger partial charge in [-0.3, -0.25) is 19.2 Å². The lowest BCUT2D eigenvalue weighted by Gasteiger charge is -2.41. The van der Waals surface area contributed by atoms with Crippen molar-refractivity contribution in [3.63, 3.8) is 0 Å². The van der Waals surface area contributed by atoms with Gasteiger partial charge in [0.1, 0.15) is 0 Å². The molecule has 6 aromatic rings. The molecule has 6 unspecified atom stereocenters. The number of carbonyl (C=O) groups excluding carboxylic acids is 4. The summed E-state index contributed by atoms with van der Waals surface area (Å²) in [6.45, 7) is 12.4. The van der Waals surface area contributed by atoms with E-state index in [0.29, 0.717) is 65.1 Å². The molecule has 12 heteroatoms. The lowest BCUT2D eigenvalue weighted by Crippen LogP contribution is -2.42. The van der Waals surface area contributed by atoms with Crippen molar-refractivity contribution in [2.45, 2.75) is 102 Å². The lowest BCUT2D eigenvalue weighted by atomic mass is 9.62. The molecule has 0 fully saturated rings. The van der Waals surface area contributed by atoms with Gasteiger partial charge in [-0.2, -0.15) is 0 Å². The van der Waals surface area contributed by atoms with Crippen LogP contribution in [0.15, 0.2) is 182 Å². The minimum atomic E-state index is -0.562. The summed E-state index contributed by atoms with van der Waals surface area (Å²) in [5.41, 5.74) is 5.96. The van der Waals surface area contributed by atoms with Gasteiger partial charge in [0.2, 0.25) is 23.6 Å². The Morgan fingerprint density at radius 3 is 1.05 bits per heavy atom. The van der Waals surface area contributed by atoms with E-state index in [-0.39, 0.29) is 61.8 Å². The third-order valence-corrected chi connectivity index (χ3v) is 17.1. The van der Waals surface area contributed by atoms with Gasteiger partial charge in [-0.1, -0.05) is 210 Å². The molecule has 0 bridgehead atoms. The number of likely N-dealkylation sites (N-methyl/N-ethyl adjacent to an activating group) is 2. The molecule has 0 aliphatic heterocycles. The number of nitrogens with one attached hydrogen (secondary N) is 5. The molecule has 0 aromatic heterocycles. The molecule has 456 valence electrons. The van der Waals surface area contributed by atoms with Gasteiger partial charge >= 0.3 is 0 Å². The van der Waals surface area contributed by atoms with Gasteiger partial charge in [0.25, 0.3) is 0 Å². The molecule has 6 atom stereocenters. The molecule has 5 N–H and O–H groups in total. The van der Waals surface area contributed by atoms with Crippen molar-refractivity contribution in [1.82, 2.24) is 31.5 Å². The summed E-state index contributed by atoms with van der Waals surface area (Å²) in [5.74, 6) is -1.81. The number of carbonyl (C=O) groups is 4. The van der Waals surface area contributed by atoms with E-state index in [9.17, 15) is 19.2 Å². The first-order chi connectivity index (χ1) is 41.3. The minimum Gasteiger partial charge on any atom is -0.377 e. The second-order valence-electron chi connectivity index (χ2n) is 23.4. The average molecular weight is 1160 g/mol. The molecule has 0 saturated heterocycles. The Bertz CT molecular complexity index is 2750. The van der Waals surface area contributed by atoms with Crippen molar-refractivity contribution >= 4 is 23.6 Å². The van der Waals surface area contributed by atoms with E-state index in [4.69, 9.17) is 9.47 Å². The molecule has 0 radical (unpaired) electrons. The van der Waals surface area contributed by atoms with Crippen LogP contribution in [0, 0.1) is 23.7 Å². The fraction of sp³-hybridized carbons (Fsp3) is 0.452. The molecule has 0 aliphatic rings. The zero-order valence-corrected chi connectivity index (χ0v) is 51.9. The van der Waals surface area contributed by atoms with Crippen molar-refractivity contribution in [2.24, 2.45) is 23.7 Å². The largest absolute Gasteiger partial charge is 0.377 e. The Morgan fingerprint density at radius 1 is 0.412 bits per heavy atom. The normalized spacial score (nSPS) is 13.9. The summed E-state index contributed by atoms with van der Waals surface area (Å²) in [6.07, 6.45) is 5.11. The number of ether oxygens (including phenoxy) is 2. The van der Waals surface area contributed by atoms with Crippen LogP contribution in [0.2, 0.25) is 0 Å². The predicted molar refractivity (Wildman–Crippen MR) is 345 cm³/mol. The summed E-state index contributed by atoms with van der Waals surface area (Å²) in [7, 11) is 5.82. The highest BCUT2D eigenvalue weighted by molar-refractivity contribution is 5.83. The predicted octanol–water partition coefficient (Wildman–Crippen LogP) is 11.5. The van der Waals surface area contributed by atoms with E-state index in [1.54, 1.807) is 0 Å². The van der Waals surface area contributed by atoms with Crippen molar-refractivity contribution < 1.29 is 28.7 Å². The maximum Gasteiger partial charge on any atom is 0.223 e. The molecule has 0 aliphatic carbocycles. The van der Waals surface area contributed by atoms with Gasteiger partial charge in [-0.25, -0.2) is 0 Å². The van der Waals surface area contributed by atoms with E-state index >= 15 is 0 Å². The highest BCUT2D eigenvalue weighted by Gasteiger charge is 2.43. The molecule has 6 rings (SSSR count). The highest BCUT2D eigenvalue weighted by atomic mass is 16.5. The molecule has 85 heavy (non-hydrogen) atoms. The second kappa shape index (κ2) is 36.1. The van der Waals surface area contributed by atoms with E-state index in [1.165, 1.54) is 11.1 Å². The van der Waals surface area contributed by atoms with Crippen molar-refractivity contribution in [1.29, 1.82) is 0 Å². The summed E-state index contributed by atoms with van der Waals surface area (Å²) < 4.78 is 12.1. The van der Waals surface area contributed by atoms with Crippen LogP contribution in [-0.4, -0.2) is 115 Å². The van der Waals surface area contributed by atoms with Gasteiger partial charge < -0.3 is 41.0 Å². The molecule has 0 heterocycles. The van der Waals surface area contributed by atoms with E-state index in [2.05, 4.69) is 198 Å². The van der Waals surface area contributed by atoms with Crippen LogP contribution in [0.5, 0.6) is 0 Å². The SMILES string of the molecule is CCC(CC(CC(CC(C)C(=O)NCCNC)C(=O)NCCOCCOCCNC(=O)C(CC(C)C(=O)NCCN(C)C)CC(CC(CC)c1ccccc1)(c1ccccc1)c1ccccc1)(c1ccccc1)c1ccccc1)c1ccccc1. The number of benzene rings is 6. The summed E-state index contributed by atoms with van der Waals surface area (Å²) in [6, 6.07) is 63.6. The van der Waals surface area contributed by atoms with E-state index < -0.39 is 34.5 Å². The van der Waals surface area contributed by atoms with Crippen molar-refractivity contribution in [3.8, 4) is 0 Å². The van der Waals surface area contributed by atoms with Crippen LogP contribution >= 0.6 is 0 Å². The lowest BCUT2D eigenvalue weighted by molar-refractivity contribution is -0.130. The van der Waals surface area contributed by atoms with Crippen molar-refractivity contribution in [3.05, 3.63) is 215 Å². The van der Waals surface area contributed by atoms with Crippen LogP contribution in [0.25, 0.3) is 0 Å². The molecular formula is C73H98N6O6. The minimum absolute atomic E-state index is 0.0641. The molecule has 0 saturated carbocycles. The zero-order chi connectivity index (χ0) is 60.7. The van der Waals surface area contributed by atoms with E-state index in [1.807, 2.05) is 64.2 Å². The monoisotopic (exact) mass is 1150 g/mol. The fourth-order valence-corrected chi connectivity index (χ4v) is 12.4. The Balaban J connectivity index is 1.12. The Morgan fingerprint density at radius 2 is 0.729 bits per heavy atom. The molecule has 6 aromatic carbocycles. The van der Waals surface area contributed by atoms with Crippen LogP contribution in [0.1, 0.15) is 124 Å². The number of nitrogens with zero attached hydrogens (tertiary/aromatic N) is 1. The van der Waals surface area contributed by atoms with Crippen LogP contribution in [0.3, 0.4) is 0 Å². The summed E-state index contributed by atoms with van der Waals surface area (Å²) in [4.78, 5) is 58.8. The smallest absolute Gasteiger partial charge is 0.223 e. The van der Waals surface area contributed by atoms with Gasteiger partial charge in [0, 0.05) is 73.8 Å². The van der Waals surface area contributed by atoms with Gasteiger partial charge in [-0.05, 0) is 118 Å². The highest BCUT2D eigenvalue weighted by Crippen LogP contribution is 2.49. The maximum absolute atomic E-state index is 14.8. The van der Waals surface area contributed by atoms with Crippen LogP contribution < -0.4 is 26.6 Å². The van der Waals surface area contributed by atoms with Gasteiger partial charge in [0.05, 0.1) is 26.4 Å². The molecular weight excluding hydrogens is 1060 g/mol. The number of rotatable bonds is 39. The number of hydrogen-bond acceptors (Lipinski definition) is 8. The van der Waals surface area contributed by atoms with Crippen LogP contribution in [-0.2, 0) is 39.5 Å². The summed E-state index contributed by atoms with van der Waals surface area (Å²) >= 11 is 0. The maximum atomic E-state index is 14.8. The Kier molecular flexibility index (Phi) is 28.5. The Labute approximate surface area is 509 Å². The third-order valence-electron chi connectivity index (χ3n) is 17.1. The first-order valence-corrected chi connectivity index (χ1v) is 31.2. The molecule has 0 spiro atoms. The van der Waals surface area contributed by atoms with Gasteiger partial charge in [-0.15, -0.1) is 0 Å². The fourth-order valence-electron chi connectivity index (χ4n) is 12.4. The Hall–Kier alpha value is -6.96. The first-order valence-electron chi connectivity index (χ1n) is 31.2. The first kappa shape index (κ1) is 67.2. The van der Waals surface area contributed by atoms with Crippen LogP contribution in [0.4, 0.5) is 0 Å². The third kappa shape index (κ3) is 20.6. The number of hydrogen-bond donors (Lipinski definition) is 5. The number of amides is 4. The van der Waals surface area contributed by atoms with Gasteiger partial charge in [0.15, 0.2) is 0 Å². The topological polar surface area (TPSA) is 150 Å². The van der Waals surface area contributed by atoms with Crippen molar-refractivity contribution in [2.75, 3.05) is 86.8 Å². The van der Waals surface area contributed by atoms with E-state index in [0.717, 1.165) is 47.9 Å². The summed E-state index contributed by atoms with van der Waals surface area (Å²) in [5, 5.41) is 15.7. The second-order valence-corrected chi connectivity index (χ2v) is 23.4. The quantitative estimate of drug-likeness (QED) is 0.0240. The molecule has 4 amide bonds. The molecule has 12 nitrogen and oxygen atoms in total.